The summed E-state index contributed by atoms with van der Waals surface area (Å²) in [6.07, 6.45) is 1.33. The Kier molecular flexibility index (Phi) is 5.55. The van der Waals surface area contributed by atoms with Crippen molar-refractivity contribution in [2.45, 2.75) is 25.6 Å². The maximum absolute atomic E-state index is 14.1. The van der Waals surface area contributed by atoms with Crippen LogP contribution in [0, 0.1) is 17.5 Å². The summed E-state index contributed by atoms with van der Waals surface area (Å²) in [6, 6.07) is 5.80. The molecule has 3 aromatic rings. The van der Waals surface area contributed by atoms with Crippen LogP contribution in [0.15, 0.2) is 41.3 Å². The Morgan fingerprint density at radius 1 is 1.14 bits per heavy atom. The Labute approximate surface area is 201 Å². The van der Waals surface area contributed by atoms with Crippen molar-refractivity contribution in [3.63, 3.8) is 0 Å². The third-order valence-electron chi connectivity index (χ3n) is 6.30. The highest BCUT2D eigenvalue weighted by molar-refractivity contribution is 6.30. The van der Waals surface area contributed by atoms with Gasteiger partial charge in [-0.2, -0.15) is 0 Å². The van der Waals surface area contributed by atoms with E-state index in [0.717, 1.165) is 18.3 Å². The van der Waals surface area contributed by atoms with E-state index >= 15 is 0 Å². The molecule has 2 aliphatic heterocycles. The molecule has 2 aromatic carbocycles. The molecule has 3 heterocycles. The maximum atomic E-state index is 14.1. The van der Waals surface area contributed by atoms with Crippen LogP contribution in [-0.2, 0) is 19.5 Å². The molecule has 0 fully saturated rings. The first-order valence-electron chi connectivity index (χ1n) is 10.6. The molecule has 2 aliphatic rings. The smallest absolute Gasteiger partial charge is 0.274 e. The number of nitrogens with zero attached hydrogens (tertiary/aromatic N) is 2. The van der Waals surface area contributed by atoms with Crippen molar-refractivity contribution < 1.29 is 27.9 Å². The van der Waals surface area contributed by atoms with Crippen LogP contribution in [0.4, 0.5) is 13.2 Å². The van der Waals surface area contributed by atoms with E-state index in [1.807, 2.05) is 0 Å². The molecule has 5 rings (SSSR count). The lowest BCUT2D eigenvalue weighted by atomic mass is 10.0. The Balaban J connectivity index is 1.52. The molecule has 0 spiro atoms. The summed E-state index contributed by atoms with van der Waals surface area (Å²) in [5.74, 6) is -5.27. The Morgan fingerprint density at radius 2 is 1.86 bits per heavy atom. The lowest BCUT2D eigenvalue weighted by Gasteiger charge is -2.34. The second-order valence-electron chi connectivity index (χ2n) is 8.45. The zero-order valence-corrected chi connectivity index (χ0v) is 18.7. The molecule has 0 radical (unpaired) electrons. The Morgan fingerprint density at radius 3 is 2.60 bits per heavy atom. The highest BCUT2D eigenvalue weighted by atomic mass is 35.5. The van der Waals surface area contributed by atoms with Crippen molar-refractivity contribution in [1.82, 2.24) is 14.8 Å². The lowest BCUT2D eigenvalue weighted by Crippen LogP contribution is -2.44. The van der Waals surface area contributed by atoms with Gasteiger partial charge < -0.3 is 19.9 Å². The van der Waals surface area contributed by atoms with Crippen molar-refractivity contribution in [3.05, 3.63) is 97.2 Å². The number of amides is 2. The van der Waals surface area contributed by atoms with Crippen LogP contribution in [0.5, 0.6) is 5.75 Å². The van der Waals surface area contributed by atoms with Crippen LogP contribution < -0.4 is 10.7 Å². The van der Waals surface area contributed by atoms with Gasteiger partial charge in [0.25, 0.3) is 11.8 Å². The van der Waals surface area contributed by atoms with Crippen molar-refractivity contribution in [2.24, 2.45) is 0 Å². The molecule has 2 amide bonds. The summed E-state index contributed by atoms with van der Waals surface area (Å²) < 4.78 is 43.2. The number of aromatic hydroxyl groups is 1. The second-order valence-corrected chi connectivity index (χ2v) is 8.86. The Bertz CT molecular complexity index is 1470. The number of hydrogen-bond acceptors (Lipinski definition) is 4. The van der Waals surface area contributed by atoms with Gasteiger partial charge in [-0.3, -0.25) is 14.4 Å². The van der Waals surface area contributed by atoms with E-state index in [1.54, 1.807) is 0 Å². The summed E-state index contributed by atoms with van der Waals surface area (Å²) in [4.78, 5) is 40.0. The molecule has 0 saturated heterocycles. The molecule has 180 valence electrons. The van der Waals surface area contributed by atoms with Crippen molar-refractivity contribution >= 4 is 23.4 Å². The molecule has 1 aromatic heterocycles. The van der Waals surface area contributed by atoms with Gasteiger partial charge in [-0.25, -0.2) is 13.2 Å². The molecule has 0 saturated carbocycles. The number of benzene rings is 2. The molecule has 2 bridgehead atoms. The predicted octanol–water partition coefficient (Wildman–Crippen LogP) is 3.31. The van der Waals surface area contributed by atoms with Gasteiger partial charge in [0.2, 0.25) is 5.43 Å². The van der Waals surface area contributed by atoms with Gasteiger partial charge in [-0.05, 0) is 35.7 Å². The standard InChI is InChI=1S/C24H17ClF3N3O4/c25-16-3-1-2-11(19(16)28)7-29-23(34)15-10-31-14-4-12-5-17(26)18(27)6-13(12)8-30(9-14)24(35)20(31)22(33)21(15)32/h1-3,5-6,10,14,33H,4,7-9H2,(H,29,34). The van der Waals surface area contributed by atoms with E-state index in [1.165, 1.54) is 27.7 Å². The first-order valence-corrected chi connectivity index (χ1v) is 11.0. The average molecular weight is 504 g/mol. The van der Waals surface area contributed by atoms with Crippen LogP contribution in [0.1, 0.15) is 43.6 Å². The molecule has 2 N–H and O–H groups in total. The van der Waals surface area contributed by atoms with Gasteiger partial charge in [-0.15, -0.1) is 0 Å². The molecular weight excluding hydrogens is 487 g/mol. The van der Waals surface area contributed by atoms with Crippen molar-refractivity contribution in [2.75, 3.05) is 6.54 Å². The first-order chi connectivity index (χ1) is 16.7. The highest BCUT2D eigenvalue weighted by Gasteiger charge is 2.38. The number of fused-ring (bicyclic) bond motifs is 5. The molecule has 0 aliphatic carbocycles. The number of aromatic nitrogens is 1. The topological polar surface area (TPSA) is 91.6 Å². The van der Waals surface area contributed by atoms with Crippen LogP contribution >= 0.6 is 11.6 Å². The molecule has 35 heavy (non-hydrogen) atoms. The van der Waals surface area contributed by atoms with Gasteiger partial charge in [-0.1, -0.05) is 23.7 Å². The predicted molar refractivity (Wildman–Crippen MR) is 119 cm³/mol. The van der Waals surface area contributed by atoms with Gasteiger partial charge in [0.1, 0.15) is 11.4 Å². The summed E-state index contributed by atoms with van der Waals surface area (Å²) in [5.41, 5.74) is -0.854. The van der Waals surface area contributed by atoms with E-state index < -0.39 is 52.0 Å². The number of nitrogens with one attached hydrogen (secondary N) is 1. The molecule has 1 atom stereocenters. The van der Waals surface area contributed by atoms with Crippen molar-refractivity contribution in [3.8, 4) is 5.75 Å². The fraction of sp³-hybridized carbons (Fsp3) is 0.208. The van der Waals surface area contributed by atoms with Crippen LogP contribution in [0.2, 0.25) is 5.02 Å². The number of rotatable bonds is 3. The third kappa shape index (κ3) is 3.83. The van der Waals surface area contributed by atoms with E-state index in [-0.39, 0.29) is 42.3 Å². The van der Waals surface area contributed by atoms with E-state index in [0.29, 0.717) is 11.1 Å². The van der Waals surface area contributed by atoms with E-state index in [4.69, 9.17) is 11.6 Å². The van der Waals surface area contributed by atoms with Crippen LogP contribution in [0.3, 0.4) is 0 Å². The quantitative estimate of drug-likeness (QED) is 0.574. The molecule has 1 unspecified atom stereocenters. The summed E-state index contributed by atoms with van der Waals surface area (Å²) in [6.45, 7) is -0.161. The lowest BCUT2D eigenvalue weighted by molar-refractivity contribution is 0.0653. The molecule has 11 heteroatoms. The monoisotopic (exact) mass is 503 g/mol. The largest absolute Gasteiger partial charge is 0.503 e. The fourth-order valence-corrected chi connectivity index (χ4v) is 4.73. The summed E-state index contributed by atoms with van der Waals surface area (Å²) in [7, 11) is 0. The number of carbonyl (C=O) groups is 2. The average Bonchev–Trinajstić information content (AvgIpc) is 2.98. The van der Waals surface area contributed by atoms with Crippen LogP contribution in [0.25, 0.3) is 0 Å². The minimum Gasteiger partial charge on any atom is -0.503 e. The van der Waals surface area contributed by atoms with Gasteiger partial charge >= 0.3 is 0 Å². The number of hydrogen-bond donors (Lipinski definition) is 2. The van der Waals surface area contributed by atoms with Gasteiger partial charge in [0, 0.05) is 31.4 Å². The normalized spacial score (nSPS) is 16.4. The van der Waals surface area contributed by atoms with Crippen LogP contribution in [-0.4, -0.2) is 32.9 Å². The van der Waals surface area contributed by atoms with E-state index in [2.05, 4.69) is 5.32 Å². The van der Waals surface area contributed by atoms with E-state index in [9.17, 15) is 32.7 Å². The van der Waals surface area contributed by atoms with Crippen molar-refractivity contribution in [1.29, 1.82) is 0 Å². The highest BCUT2D eigenvalue weighted by Crippen LogP contribution is 2.34. The summed E-state index contributed by atoms with van der Waals surface area (Å²) >= 11 is 5.75. The number of carbonyl (C=O) groups excluding carboxylic acids is 2. The Hall–Kier alpha value is -3.79. The summed E-state index contributed by atoms with van der Waals surface area (Å²) in [5, 5.41) is 12.9. The van der Waals surface area contributed by atoms with Gasteiger partial charge in [0.05, 0.1) is 11.1 Å². The number of halogens is 4. The fourth-order valence-electron chi connectivity index (χ4n) is 4.54. The first kappa shape index (κ1) is 23.0. The number of pyridine rings is 1. The zero-order valence-electron chi connectivity index (χ0n) is 17.9. The molecule has 7 nitrogen and oxygen atoms in total. The third-order valence-corrected chi connectivity index (χ3v) is 6.59. The zero-order chi connectivity index (χ0) is 25.0. The minimum absolute atomic E-state index is 0.0249. The SMILES string of the molecule is O=C(NCc1cccc(Cl)c1F)c1cn2c(c(O)c1=O)C(=O)N1Cc3cc(F)c(F)cc3CC2C1. The maximum Gasteiger partial charge on any atom is 0.274 e. The molecular formula is C24H17ClF3N3O4. The van der Waals surface area contributed by atoms with Gasteiger partial charge in [0.15, 0.2) is 23.1 Å². The second kappa shape index (κ2) is 8.46. The minimum atomic E-state index is -1.07.